The number of amides is 2. The number of methoxy groups -OCH3 is 1. The fraction of sp³-hybridized carbons (Fsp3) is 0.111. The zero-order valence-corrected chi connectivity index (χ0v) is 14.9. The van der Waals surface area contributed by atoms with E-state index in [4.69, 9.17) is 4.74 Å². The van der Waals surface area contributed by atoms with Gasteiger partial charge in [0.2, 0.25) is 0 Å². The van der Waals surface area contributed by atoms with Gasteiger partial charge in [0.15, 0.2) is 11.5 Å². The lowest BCUT2D eigenvalue weighted by Gasteiger charge is -2.18. The molecule has 3 rings (SSSR count). The van der Waals surface area contributed by atoms with Crippen LogP contribution >= 0.6 is 15.9 Å². The van der Waals surface area contributed by atoms with Gasteiger partial charge in [-0.05, 0) is 35.9 Å². The number of ether oxygens (including phenoxy) is 1. The molecule has 2 aromatic rings. The minimum atomic E-state index is -0.458. The highest BCUT2D eigenvalue weighted by Gasteiger charge is 2.27. The smallest absolute Gasteiger partial charge is 0.260 e. The Kier molecular flexibility index (Phi) is 4.76. The van der Waals surface area contributed by atoms with Crippen LogP contribution in [0, 0.1) is 0 Å². The highest BCUT2D eigenvalue weighted by molar-refractivity contribution is 9.10. The number of phenols is 1. The van der Waals surface area contributed by atoms with Gasteiger partial charge in [-0.2, -0.15) is 0 Å². The van der Waals surface area contributed by atoms with E-state index in [9.17, 15) is 14.7 Å². The van der Waals surface area contributed by atoms with Gasteiger partial charge in [-0.1, -0.05) is 22.0 Å². The van der Waals surface area contributed by atoms with E-state index in [-0.39, 0.29) is 5.75 Å². The molecule has 1 heterocycles. The third kappa shape index (κ3) is 3.51. The van der Waals surface area contributed by atoms with Crippen LogP contribution in [0.1, 0.15) is 21.5 Å². The fourth-order valence-electron chi connectivity index (χ4n) is 2.56. The molecule has 128 valence electrons. The molecule has 0 unspecified atom stereocenters. The highest BCUT2D eigenvalue weighted by Crippen LogP contribution is 2.28. The molecule has 2 amide bonds. The minimum Gasteiger partial charge on any atom is -0.504 e. The summed E-state index contributed by atoms with van der Waals surface area (Å²) in [5.41, 5.74) is 2.19. The van der Waals surface area contributed by atoms with Crippen molar-refractivity contribution in [3.8, 4) is 11.5 Å². The van der Waals surface area contributed by atoms with Gasteiger partial charge in [0.05, 0.1) is 12.7 Å². The van der Waals surface area contributed by atoms with Crippen LogP contribution in [0.5, 0.6) is 11.5 Å². The summed E-state index contributed by atoms with van der Waals surface area (Å²) in [5.74, 6) is -0.429. The van der Waals surface area contributed by atoms with Gasteiger partial charge < -0.3 is 15.2 Å². The number of rotatable bonds is 4. The van der Waals surface area contributed by atoms with Crippen LogP contribution in [0.15, 0.2) is 47.1 Å². The van der Waals surface area contributed by atoms with Crippen LogP contribution in [0.3, 0.4) is 0 Å². The molecule has 1 aliphatic rings. The predicted octanol–water partition coefficient (Wildman–Crippen LogP) is 2.56. The Balaban J connectivity index is 1.83. The van der Waals surface area contributed by atoms with Crippen LogP contribution in [0.4, 0.5) is 0 Å². The quantitative estimate of drug-likeness (QED) is 0.540. The lowest BCUT2D eigenvalue weighted by atomic mass is 9.95. The van der Waals surface area contributed by atoms with Crippen LogP contribution in [-0.2, 0) is 11.3 Å². The molecular weight excluding hydrogens is 388 g/mol. The van der Waals surface area contributed by atoms with Crippen molar-refractivity contribution in [2.45, 2.75) is 6.54 Å². The summed E-state index contributed by atoms with van der Waals surface area (Å²) >= 11 is 3.35. The molecule has 7 heteroatoms. The van der Waals surface area contributed by atoms with Crippen LogP contribution in [-0.4, -0.2) is 24.0 Å². The molecule has 0 spiro atoms. The van der Waals surface area contributed by atoms with Crippen molar-refractivity contribution in [2.24, 2.45) is 0 Å². The first-order valence-corrected chi connectivity index (χ1v) is 8.24. The molecule has 3 N–H and O–H groups in total. The Bertz CT molecular complexity index is 893. The molecule has 0 bridgehead atoms. The van der Waals surface area contributed by atoms with Crippen molar-refractivity contribution in [3.63, 3.8) is 0 Å². The second kappa shape index (κ2) is 6.98. The number of carbonyl (C=O) groups is 2. The molecular formula is C18H15BrN2O4. The van der Waals surface area contributed by atoms with Gasteiger partial charge in [0.1, 0.15) is 0 Å². The molecule has 0 atom stereocenters. The first kappa shape index (κ1) is 17.0. The topological polar surface area (TPSA) is 87.7 Å². The molecule has 1 aliphatic heterocycles. The lowest BCUT2D eigenvalue weighted by Crippen LogP contribution is -2.37. The Hall–Kier alpha value is -2.80. The molecule has 0 aromatic heterocycles. The summed E-state index contributed by atoms with van der Waals surface area (Å²) in [5, 5.41) is 15.2. The molecule has 0 saturated heterocycles. The average molecular weight is 403 g/mol. The molecule has 2 aromatic carbocycles. The summed E-state index contributed by atoms with van der Waals surface area (Å²) in [6.07, 6.45) is 1.56. The van der Waals surface area contributed by atoms with Crippen molar-refractivity contribution in [2.75, 3.05) is 7.11 Å². The Morgan fingerprint density at radius 2 is 1.96 bits per heavy atom. The van der Waals surface area contributed by atoms with Crippen LogP contribution in [0.25, 0.3) is 5.57 Å². The maximum atomic E-state index is 12.1. The van der Waals surface area contributed by atoms with Crippen LogP contribution in [0.2, 0.25) is 0 Å². The number of aromatic hydroxyl groups is 1. The molecule has 0 saturated carbocycles. The third-order valence-electron chi connectivity index (χ3n) is 3.78. The number of benzene rings is 2. The van der Waals surface area contributed by atoms with E-state index >= 15 is 0 Å². The van der Waals surface area contributed by atoms with Gasteiger partial charge in [-0.25, -0.2) is 0 Å². The van der Waals surface area contributed by atoms with E-state index in [1.165, 1.54) is 7.11 Å². The number of fused-ring (bicyclic) bond motifs is 1. The fourth-order valence-corrected chi connectivity index (χ4v) is 2.92. The number of nitrogens with one attached hydrogen (secondary N) is 2. The van der Waals surface area contributed by atoms with Gasteiger partial charge in [-0.3, -0.25) is 14.9 Å². The van der Waals surface area contributed by atoms with E-state index in [0.717, 1.165) is 10.0 Å². The van der Waals surface area contributed by atoms with Gasteiger partial charge >= 0.3 is 0 Å². The summed E-state index contributed by atoms with van der Waals surface area (Å²) < 4.78 is 5.78. The number of hydrogen-bond donors (Lipinski definition) is 3. The van der Waals surface area contributed by atoms with Gasteiger partial charge in [0, 0.05) is 28.3 Å². The van der Waals surface area contributed by atoms with Crippen molar-refractivity contribution >= 4 is 33.3 Å². The second-order valence-electron chi connectivity index (χ2n) is 5.42. The van der Waals surface area contributed by atoms with Crippen molar-refractivity contribution in [1.29, 1.82) is 0 Å². The normalized spacial score (nSPS) is 14.9. The van der Waals surface area contributed by atoms with Crippen LogP contribution < -0.4 is 15.4 Å². The average Bonchev–Trinajstić information content (AvgIpc) is 2.57. The van der Waals surface area contributed by atoms with Gasteiger partial charge in [0.25, 0.3) is 11.8 Å². The summed E-state index contributed by atoms with van der Waals surface area (Å²) in [7, 11) is 1.48. The number of carbonyl (C=O) groups excluding carboxylic acids is 2. The maximum absolute atomic E-state index is 12.1. The number of hydrogen-bond acceptors (Lipinski definition) is 5. The molecule has 0 fully saturated rings. The molecule has 25 heavy (non-hydrogen) atoms. The minimum absolute atomic E-state index is 0.0461. The highest BCUT2D eigenvalue weighted by atomic mass is 79.9. The van der Waals surface area contributed by atoms with Gasteiger partial charge in [-0.15, -0.1) is 0 Å². The zero-order chi connectivity index (χ0) is 18.0. The summed E-state index contributed by atoms with van der Waals surface area (Å²) in [6.45, 7) is 0.394. The summed E-state index contributed by atoms with van der Waals surface area (Å²) in [6, 6.07) is 10.2. The molecule has 0 radical (unpaired) electrons. The van der Waals surface area contributed by atoms with Crippen molar-refractivity contribution < 1.29 is 19.4 Å². The van der Waals surface area contributed by atoms with E-state index in [2.05, 4.69) is 26.6 Å². The van der Waals surface area contributed by atoms with E-state index < -0.39 is 11.8 Å². The first-order chi connectivity index (χ1) is 12.0. The SMILES string of the molecule is COc1ccc(CN/C=C2\C(=O)NC(=O)c3ccc(Br)cc32)cc1O. The Morgan fingerprint density at radius 3 is 2.68 bits per heavy atom. The molecule has 0 aliphatic carbocycles. The number of phenolic OH excluding ortho intramolecular Hbond substituents is 1. The lowest BCUT2D eigenvalue weighted by molar-refractivity contribution is -0.114. The van der Waals surface area contributed by atoms with Crippen molar-refractivity contribution in [3.05, 3.63) is 63.8 Å². The zero-order valence-electron chi connectivity index (χ0n) is 13.3. The van der Waals surface area contributed by atoms with E-state index in [1.54, 1.807) is 42.6 Å². The van der Waals surface area contributed by atoms with Crippen molar-refractivity contribution in [1.82, 2.24) is 10.6 Å². The second-order valence-corrected chi connectivity index (χ2v) is 6.33. The summed E-state index contributed by atoms with van der Waals surface area (Å²) in [4.78, 5) is 24.1. The standard InChI is InChI=1S/C18H15BrN2O4/c1-25-16-5-2-10(6-15(16)22)8-20-9-14-13-7-11(19)3-4-12(13)17(23)21-18(14)24/h2-7,9,20,22H,8H2,1H3,(H,21,23,24)/b14-9-. The molecule has 6 nitrogen and oxygen atoms in total. The first-order valence-electron chi connectivity index (χ1n) is 7.44. The predicted molar refractivity (Wildman–Crippen MR) is 96.1 cm³/mol. The van der Waals surface area contributed by atoms with E-state index in [0.29, 0.717) is 29.0 Å². The maximum Gasteiger partial charge on any atom is 0.260 e. The number of halogens is 1. The monoisotopic (exact) mass is 402 g/mol. The largest absolute Gasteiger partial charge is 0.504 e. The van der Waals surface area contributed by atoms with E-state index in [1.807, 2.05) is 0 Å². The third-order valence-corrected chi connectivity index (χ3v) is 4.28. The Morgan fingerprint density at radius 1 is 1.16 bits per heavy atom. The number of imide groups is 1. The Labute approximate surface area is 152 Å².